The third kappa shape index (κ3) is 3.39. The molecule has 1 atom stereocenters. The fourth-order valence-corrected chi connectivity index (χ4v) is 2.25. The van der Waals surface area contributed by atoms with Gasteiger partial charge in [-0.25, -0.2) is 0 Å². The molecule has 0 radical (unpaired) electrons. The van der Waals surface area contributed by atoms with Gasteiger partial charge in [-0.3, -0.25) is 0 Å². The quantitative estimate of drug-likeness (QED) is 0.835. The van der Waals surface area contributed by atoms with E-state index in [1.165, 1.54) is 0 Å². The van der Waals surface area contributed by atoms with E-state index in [9.17, 15) is 0 Å². The van der Waals surface area contributed by atoms with Crippen LogP contribution >= 0.6 is 0 Å². The van der Waals surface area contributed by atoms with Crippen molar-refractivity contribution in [3.8, 4) is 23.6 Å². The molecule has 2 rings (SSSR count). The van der Waals surface area contributed by atoms with Gasteiger partial charge in [-0.05, 0) is 30.2 Å². The van der Waals surface area contributed by atoms with E-state index in [0.717, 1.165) is 18.5 Å². The standard InChI is InChI=1S/C17H17N3O2/c1-21-16-4-3-13(9-17(16)22-2)5-7-20-8-6-14(10-18)15(11-19)12-20/h3-4,6,8-9,12,14H,5,7H2,1-2H3. The molecular weight excluding hydrogens is 278 g/mol. The van der Waals surface area contributed by atoms with Crippen molar-refractivity contribution in [2.45, 2.75) is 6.42 Å². The van der Waals surface area contributed by atoms with Crippen molar-refractivity contribution in [1.29, 1.82) is 10.5 Å². The molecular formula is C17H17N3O2. The summed E-state index contributed by atoms with van der Waals surface area (Å²) in [4.78, 5) is 1.92. The first kappa shape index (κ1) is 15.5. The van der Waals surface area contributed by atoms with Gasteiger partial charge < -0.3 is 14.4 Å². The maximum atomic E-state index is 9.06. The third-order valence-electron chi connectivity index (χ3n) is 3.48. The summed E-state index contributed by atoms with van der Waals surface area (Å²) in [5.41, 5.74) is 1.58. The Kier molecular flexibility index (Phi) is 5.06. The van der Waals surface area contributed by atoms with Crippen LogP contribution in [0.15, 0.2) is 42.2 Å². The lowest BCUT2D eigenvalue weighted by Crippen LogP contribution is -2.19. The minimum absolute atomic E-state index is 0.442. The van der Waals surface area contributed by atoms with Crippen molar-refractivity contribution < 1.29 is 9.47 Å². The number of hydrogen-bond donors (Lipinski definition) is 0. The Hall–Kier alpha value is -2.92. The first-order valence-electron chi connectivity index (χ1n) is 6.88. The van der Waals surface area contributed by atoms with Gasteiger partial charge in [0.25, 0.3) is 0 Å². The minimum Gasteiger partial charge on any atom is -0.493 e. The molecule has 5 heteroatoms. The highest BCUT2D eigenvalue weighted by Crippen LogP contribution is 2.28. The number of rotatable bonds is 5. The van der Waals surface area contributed by atoms with Crippen molar-refractivity contribution in [1.82, 2.24) is 4.90 Å². The second-order valence-corrected chi connectivity index (χ2v) is 4.82. The zero-order chi connectivity index (χ0) is 15.9. The largest absolute Gasteiger partial charge is 0.493 e. The van der Waals surface area contributed by atoms with Crippen LogP contribution in [0.25, 0.3) is 0 Å². The maximum Gasteiger partial charge on any atom is 0.160 e. The average molecular weight is 295 g/mol. The topological polar surface area (TPSA) is 69.3 Å². The van der Waals surface area contributed by atoms with Gasteiger partial charge in [-0.1, -0.05) is 6.07 Å². The van der Waals surface area contributed by atoms with Crippen molar-refractivity contribution in [3.63, 3.8) is 0 Å². The zero-order valence-electron chi connectivity index (χ0n) is 12.6. The predicted molar refractivity (Wildman–Crippen MR) is 81.9 cm³/mol. The molecule has 0 amide bonds. The SMILES string of the molecule is COc1ccc(CCN2C=CC(C#N)C(C#N)=C2)cc1OC. The summed E-state index contributed by atoms with van der Waals surface area (Å²) in [6.45, 7) is 0.718. The van der Waals surface area contributed by atoms with Gasteiger partial charge in [-0.2, -0.15) is 10.5 Å². The lowest BCUT2D eigenvalue weighted by atomic mass is 10.0. The number of nitrogens with zero attached hydrogens (tertiary/aromatic N) is 3. The Morgan fingerprint density at radius 2 is 1.95 bits per heavy atom. The number of allylic oxidation sites excluding steroid dienone is 2. The summed E-state index contributed by atoms with van der Waals surface area (Å²) in [7, 11) is 3.22. The molecule has 112 valence electrons. The molecule has 0 fully saturated rings. The van der Waals surface area contributed by atoms with E-state index in [1.54, 1.807) is 26.5 Å². The summed E-state index contributed by atoms with van der Waals surface area (Å²) in [5.74, 6) is 0.960. The van der Waals surface area contributed by atoms with Crippen LogP contribution < -0.4 is 9.47 Å². The summed E-state index contributed by atoms with van der Waals surface area (Å²) < 4.78 is 10.5. The van der Waals surface area contributed by atoms with Gasteiger partial charge in [-0.15, -0.1) is 0 Å². The van der Waals surface area contributed by atoms with E-state index >= 15 is 0 Å². The van der Waals surface area contributed by atoms with E-state index in [2.05, 4.69) is 12.1 Å². The molecule has 1 heterocycles. The van der Waals surface area contributed by atoms with Crippen molar-refractivity contribution in [2.24, 2.45) is 5.92 Å². The van der Waals surface area contributed by atoms with Crippen molar-refractivity contribution in [3.05, 3.63) is 47.8 Å². The molecule has 0 saturated heterocycles. The molecule has 0 bridgehead atoms. The number of methoxy groups -OCH3 is 2. The fraction of sp³-hybridized carbons (Fsp3) is 0.294. The van der Waals surface area contributed by atoms with Gasteiger partial charge in [0.1, 0.15) is 5.92 Å². The second-order valence-electron chi connectivity index (χ2n) is 4.82. The van der Waals surface area contributed by atoms with Crippen LogP contribution in [0.3, 0.4) is 0 Å². The number of hydrogen-bond acceptors (Lipinski definition) is 5. The Morgan fingerprint density at radius 1 is 1.18 bits per heavy atom. The Morgan fingerprint density at radius 3 is 2.59 bits per heavy atom. The fourth-order valence-electron chi connectivity index (χ4n) is 2.25. The second kappa shape index (κ2) is 7.19. The monoisotopic (exact) mass is 295 g/mol. The summed E-state index contributed by atoms with van der Waals surface area (Å²) in [6, 6.07) is 9.98. The van der Waals surface area contributed by atoms with Crippen LogP contribution in [0.2, 0.25) is 0 Å². The van der Waals surface area contributed by atoms with Crippen LogP contribution in [0.1, 0.15) is 5.56 Å². The minimum atomic E-state index is -0.442. The van der Waals surface area contributed by atoms with Gasteiger partial charge in [0.15, 0.2) is 11.5 Å². The van der Waals surface area contributed by atoms with E-state index in [0.29, 0.717) is 17.1 Å². The molecule has 0 N–H and O–H groups in total. The van der Waals surface area contributed by atoms with E-state index < -0.39 is 5.92 Å². The molecule has 0 spiro atoms. The van der Waals surface area contributed by atoms with Gasteiger partial charge in [0.2, 0.25) is 0 Å². The van der Waals surface area contributed by atoms with Crippen LogP contribution in [0.5, 0.6) is 11.5 Å². The van der Waals surface area contributed by atoms with E-state index in [-0.39, 0.29) is 0 Å². The Balaban J connectivity index is 2.04. The predicted octanol–water partition coefficient (Wildman–Crippen LogP) is 2.62. The first-order chi connectivity index (χ1) is 10.7. The lowest BCUT2D eigenvalue weighted by Gasteiger charge is -2.21. The Bertz CT molecular complexity index is 680. The molecule has 1 aromatic carbocycles. The number of ether oxygens (including phenoxy) is 2. The highest BCUT2D eigenvalue weighted by atomic mass is 16.5. The molecule has 0 aliphatic carbocycles. The van der Waals surface area contributed by atoms with Gasteiger partial charge >= 0.3 is 0 Å². The summed E-state index contributed by atoms with van der Waals surface area (Å²) >= 11 is 0. The van der Waals surface area contributed by atoms with Crippen LogP contribution in [-0.2, 0) is 6.42 Å². The van der Waals surface area contributed by atoms with Crippen LogP contribution in [-0.4, -0.2) is 25.7 Å². The third-order valence-corrected chi connectivity index (χ3v) is 3.48. The number of nitriles is 2. The van der Waals surface area contributed by atoms with E-state index in [4.69, 9.17) is 20.0 Å². The molecule has 22 heavy (non-hydrogen) atoms. The van der Waals surface area contributed by atoms with Crippen LogP contribution in [0.4, 0.5) is 0 Å². The molecule has 5 nitrogen and oxygen atoms in total. The molecule has 1 aliphatic heterocycles. The van der Waals surface area contributed by atoms with E-state index in [1.807, 2.05) is 29.3 Å². The molecule has 1 unspecified atom stereocenters. The lowest BCUT2D eigenvalue weighted by molar-refractivity contribution is 0.354. The highest BCUT2D eigenvalue weighted by molar-refractivity contribution is 5.43. The molecule has 0 aromatic heterocycles. The highest BCUT2D eigenvalue weighted by Gasteiger charge is 2.16. The Labute approximate surface area is 130 Å². The van der Waals surface area contributed by atoms with Crippen LogP contribution in [0, 0.1) is 28.6 Å². The normalized spacial score (nSPS) is 16.5. The first-order valence-corrected chi connectivity index (χ1v) is 6.88. The van der Waals surface area contributed by atoms with Crippen molar-refractivity contribution in [2.75, 3.05) is 20.8 Å². The average Bonchev–Trinajstić information content (AvgIpc) is 2.59. The maximum absolute atomic E-state index is 9.06. The van der Waals surface area contributed by atoms with Gasteiger partial charge in [0, 0.05) is 18.9 Å². The molecule has 0 saturated carbocycles. The smallest absolute Gasteiger partial charge is 0.160 e. The summed E-state index contributed by atoms with van der Waals surface area (Å²) in [5, 5.41) is 18.0. The summed E-state index contributed by atoms with van der Waals surface area (Å²) in [6.07, 6.45) is 6.11. The molecule has 1 aromatic rings. The number of benzene rings is 1. The molecule has 1 aliphatic rings. The zero-order valence-corrected chi connectivity index (χ0v) is 12.6. The van der Waals surface area contributed by atoms with Crippen molar-refractivity contribution >= 4 is 0 Å². The van der Waals surface area contributed by atoms with Gasteiger partial charge in [0.05, 0.1) is 31.9 Å².